The fraction of sp³-hybridized carbons (Fsp3) is 0.750. The molecule has 0 aromatic carbocycles. The van der Waals surface area contributed by atoms with Crippen molar-refractivity contribution in [1.82, 2.24) is 15.6 Å². The molecule has 1 aromatic rings. The van der Waals surface area contributed by atoms with Gasteiger partial charge in [-0.25, -0.2) is 9.98 Å². The number of ether oxygens (including phenoxy) is 2. The number of aromatic nitrogens is 1. The summed E-state index contributed by atoms with van der Waals surface area (Å²) in [6.07, 6.45) is 1.81. The molecule has 130 valence electrons. The number of guanidine groups is 1. The van der Waals surface area contributed by atoms with Crippen molar-refractivity contribution in [2.24, 2.45) is 4.99 Å². The fourth-order valence-corrected chi connectivity index (χ4v) is 3.52. The van der Waals surface area contributed by atoms with Crippen LogP contribution in [0.4, 0.5) is 0 Å². The number of methoxy groups -OCH3 is 1. The molecule has 23 heavy (non-hydrogen) atoms. The van der Waals surface area contributed by atoms with Crippen LogP contribution in [0.3, 0.4) is 0 Å². The standard InChI is InChI=1S/C16H28N4O2S/c1-5-17-15(18-10-14-12(2)20-13(3)23-14)19-11-16(21-4)6-8-22-9-7-16/h5-11H2,1-4H3,(H2,17,18,19). The maximum Gasteiger partial charge on any atom is 0.191 e. The van der Waals surface area contributed by atoms with Crippen LogP contribution in [0.2, 0.25) is 0 Å². The Kier molecular flexibility index (Phi) is 6.80. The second-order valence-electron chi connectivity index (χ2n) is 5.79. The molecule has 1 fully saturated rings. The molecule has 2 heterocycles. The van der Waals surface area contributed by atoms with Crippen LogP contribution in [-0.4, -0.2) is 50.0 Å². The highest BCUT2D eigenvalue weighted by Crippen LogP contribution is 2.23. The largest absolute Gasteiger partial charge is 0.381 e. The highest BCUT2D eigenvalue weighted by atomic mass is 32.1. The van der Waals surface area contributed by atoms with E-state index in [1.807, 2.05) is 13.8 Å². The van der Waals surface area contributed by atoms with Crippen LogP contribution in [0.25, 0.3) is 0 Å². The number of aliphatic imine (C=N–C) groups is 1. The van der Waals surface area contributed by atoms with E-state index in [4.69, 9.17) is 9.47 Å². The maximum absolute atomic E-state index is 5.76. The Hall–Kier alpha value is -1.18. The zero-order chi connectivity index (χ0) is 16.7. The minimum atomic E-state index is -0.161. The van der Waals surface area contributed by atoms with Gasteiger partial charge in [-0.05, 0) is 20.8 Å². The molecule has 2 rings (SSSR count). The molecule has 0 amide bonds. The van der Waals surface area contributed by atoms with E-state index in [0.29, 0.717) is 6.54 Å². The van der Waals surface area contributed by atoms with E-state index in [2.05, 4.69) is 27.5 Å². The van der Waals surface area contributed by atoms with Gasteiger partial charge in [0.2, 0.25) is 0 Å². The Balaban J connectivity index is 1.97. The average molecular weight is 340 g/mol. The van der Waals surface area contributed by atoms with Gasteiger partial charge in [-0.15, -0.1) is 11.3 Å². The molecular formula is C16H28N4O2S. The number of thiazole rings is 1. The number of hydrogen-bond acceptors (Lipinski definition) is 5. The summed E-state index contributed by atoms with van der Waals surface area (Å²) in [6.45, 7) is 9.86. The summed E-state index contributed by atoms with van der Waals surface area (Å²) < 4.78 is 11.2. The van der Waals surface area contributed by atoms with Crippen molar-refractivity contribution < 1.29 is 9.47 Å². The first-order chi connectivity index (χ1) is 11.1. The molecule has 1 aliphatic heterocycles. The lowest BCUT2D eigenvalue weighted by atomic mass is 9.94. The molecule has 2 N–H and O–H groups in total. The molecule has 0 aliphatic carbocycles. The number of aryl methyl sites for hydroxylation is 2. The Bertz CT molecular complexity index is 524. The van der Waals surface area contributed by atoms with Crippen LogP contribution < -0.4 is 10.6 Å². The molecule has 0 spiro atoms. The summed E-state index contributed by atoms with van der Waals surface area (Å²) in [6, 6.07) is 0. The van der Waals surface area contributed by atoms with Gasteiger partial charge in [-0.3, -0.25) is 0 Å². The monoisotopic (exact) mass is 340 g/mol. The van der Waals surface area contributed by atoms with E-state index in [9.17, 15) is 0 Å². The van der Waals surface area contributed by atoms with Crippen molar-refractivity contribution >= 4 is 17.3 Å². The van der Waals surface area contributed by atoms with E-state index in [-0.39, 0.29) is 5.60 Å². The van der Waals surface area contributed by atoms with Gasteiger partial charge in [0.05, 0.1) is 22.8 Å². The molecule has 0 atom stereocenters. The molecule has 1 saturated heterocycles. The van der Waals surface area contributed by atoms with E-state index in [1.54, 1.807) is 18.4 Å². The van der Waals surface area contributed by atoms with E-state index < -0.39 is 0 Å². The first-order valence-corrected chi connectivity index (χ1v) is 8.98. The van der Waals surface area contributed by atoms with Crippen LogP contribution in [0, 0.1) is 13.8 Å². The first-order valence-electron chi connectivity index (χ1n) is 8.16. The molecule has 0 bridgehead atoms. The molecule has 1 aliphatic rings. The third kappa shape index (κ3) is 5.16. The molecule has 0 unspecified atom stereocenters. The normalized spacial score (nSPS) is 18.0. The first kappa shape index (κ1) is 18.2. The SMILES string of the molecule is CCNC(=NCc1sc(C)nc1C)NCC1(OC)CCOCC1. The molecular weight excluding hydrogens is 312 g/mol. The third-order valence-electron chi connectivity index (χ3n) is 4.14. The highest BCUT2D eigenvalue weighted by Gasteiger charge is 2.32. The van der Waals surface area contributed by atoms with Gasteiger partial charge >= 0.3 is 0 Å². The third-order valence-corrected chi connectivity index (χ3v) is 5.20. The van der Waals surface area contributed by atoms with E-state index in [1.165, 1.54) is 4.88 Å². The summed E-state index contributed by atoms with van der Waals surface area (Å²) in [7, 11) is 1.78. The molecule has 7 heteroatoms. The zero-order valence-electron chi connectivity index (χ0n) is 14.6. The van der Waals surface area contributed by atoms with Crippen molar-refractivity contribution in [1.29, 1.82) is 0 Å². The maximum atomic E-state index is 5.76. The van der Waals surface area contributed by atoms with Crippen LogP contribution >= 0.6 is 11.3 Å². The Labute approximate surface area is 142 Å². The molecule has 1 aromatic heterocycles. The number of nitrogens with zero attached hydrogens (tertiary/aromatic N) is 2. The Morgan fingerprint density at radius 1 is 1.35 bits per heavy atom. The molecule has 0 saturated carbocycles. The number of rotatable bonds is 6. The Morgan fingerprint density at radius 2 is 2.09 bits per heavy atom. The Morgan fingerprint density at radius 3 is 2.65 bits per heavy atom. The predicted molar refractivity (Wildman–Crippen MR) is 94.2 cm³/mol. The lowest BCUT2D eigenvalue weighted by Crippen LogP contribution is -2.50. The van der Waals surface area contributed by atoms with Crippen molar-refractivity contribution in [3.05, 3.63) is 15.6 Å². The zero-order valence-corrected chi connectivity index (χ0v) is 15.4. The summed E-state index contributed by atoms with van der Waals surface area (Å²) in [4.78, 5) is 10.4. The number of hydrogen-bond donors (Lipinski definition) is 2. The topological polar surface area (TPSA) is 67.8 Å². The predicted octanol–water partition coefficient (Wildman–Crippen LogP) is 2.01. The molecule has 0 radical (unpaired) electrons. The van der Waals surface area contributed by atoms with Gasteiger partial charge in [0.1, 0.15) is 0 Å². The van der Waals surface area contributed by atoms with Gasteiger partial charge in [0.25, 0.3) is 0 Å². The van der Waals surface area contributed by atoms with Crippen molar-refractivity contribution in [2.45, 2.75) is 45.8 Å². The average Bonchev–Trinajstić information content (AvgIpc) is 2.88. The smallest absolute Gasteiger partial charge is 0.191 e. The lowest BCUT2D eigenvalue weighted by molar-refractivity contribution is -0.0855. The van der Waals surface area contributed by atoms with Gasteiger partial charge in [0.15, 0.2) is 5.96 Å². The van der Waals surface area contributed by atoms with Crippen molar-refractivity contribution in [3.8, 4) is 0 Å². The summed E-state index contributed by atoms with van der Waals surface area (Å²) in [5, 5.41) is 7.81. The van der Waals surface area contributed by atoms with Crippen LogP contribution in [0.15, 0.2) is 4.99 Å². The minimum Gasteiger partial charge on any atom is -0.381 e. The highest BCUT2D eigenvalue weighted by molar-refractivity contribution is 7.11. The summed E-state index contributed by atoms with van der Waals surface area (Å²) >= 11 is 1.71. The second kappa shape index (κ2) is 8.61. The fourth-order valence-electron chi connectivity index (χ4n) is 2.65. The van der Waals surface area contributed by atoms with Crippen LogP contribution in [-0.2, 0) is 16.0 Å². The van der Waals surface area contributed by atoms with E-state index >= 15 is 0 Å². The summed E-state index contributed by atoms with van der Waals surface area (Å²) in [5.41, 5.74) is 0.913. The van der Waals surface area contributed by atoms with Gasteiger partial charge in [0, 0.05) is 51.1 Å². The second-order valence-corrected chi connectivity index (χ2v) is 7.08. The van der Waals surface area contributed by atoms with Crippen LogP contribution in [0.1, 0.15) is 35.3 Å². The molecule has 6 nitrogen and oxygen atoms in total. The van der Waals surface area contributed by atoms with Crippen molar-refractivity contribution in [3.63, 3.8) is 0 Å². The lowest BCUT2D eigenvalue weighted by Gasteiger charge is -2.36. The summed E-state index contributed by atoms with van der Waals surface area (Å²) in [5.74, 6) is 0.820. The van der Waals surface area contributed by atoms with Gasteiger partial charge < -0.3 is 20.1 Å². The quantitative estimate of drug-likeness (QED) is 0.612. The van der Waals surface area contributed by atoms with Crippen LogP contribution in [0.5, 0.6) is 0 Å². The van der Waals surface area contributed by atoms with E-state index in [0.717, 1.165) is 55.8 Å². The van der Waals surface area contributed by atoms with Crippen molar-refractivity contribution in [2.75, 3.05) is 33.4 Å². The van der Waals surface area contributed by atoms with Gasteiger partial charge in [-0.2, -0.15) is 0 Å². The number of nitrogens with one attached hydrogen (secondary N) is 2. The minimum absolute atomic E-state index is 0.161. The van der Waals surface area contributed by atoms with Gasteiger partial charge in [-0.1, -0.05) is 0 Å².